The van der Waals surface area contributed by atoms with Gasteiger partial charge < -0.3 is 16.4 Å². The zero-order valence-corrected chi connectivity index (χ0v) is 17.5. The second-order valence-electron chi connectivity index (χ2n) is 6.98. The predicted octanol–water partition coefficient (Wildman–Crippen LogP) is 5.18. The number of hydrogen-bond donors (Lipinski definition) is 3. The molecule has 2 amide bonds. The Morgan fingerprint density at radius 1 is 0.806 bits per heavy atom. The quantitative estimate of drug-likeness (QED) is 0.371. The number of anilines is 2. The number of nitrogen functional groups attached to an aromatic ring is 1. The molecule has 0 bridgehead atoms. The summed E-state index contributed by atoms with van der Waals surface area (Å²) in [6.07, 6.45) is 0. The predicted molar refractivity (Wildman–Crippen MR) is 126 cm³/mol. The van der Waals surface area contributed by atoms with Crippen molar-refractivity contribution in [2.45, 2.75) is 6.54 Å². The van der Waals surface area contributed by atoms with Crippen molar-refractivity contribution in [3.05, 3.63) is 107 Å². The first-order valence-electron chi connectivity index (χ1n) is 9.77. The number of thiophene rings is 1. The van der Waals surface area contributed by atoms with Crippen LogP contribution in [0.1, 0.15) is 26.3 Å². The Labute approximate surface area is 184 Å². The molecule has 0 atom stereocenters. The molecule has 6 heteroatoms. The minimum Gasteiger partial charge on any atom is -0.397 e. The molecular weight excluding hydrogens is 406 g/mol. The molecule has 5 nitrogen and oxygen atoms in total. The molecule has 1 heterocycles. The molecule has 0 unspecified atom stereocenters. The van der Waals surface area contributed by atoms with Crippen LogP contribution in [0.15, 0.2) is 90.3 Å². The smallest absolute Gasteiger partial charge is 0.255 e. The van der Waals surface area contributed by atoms with E-state index in [0.717, 1.165) is 16.0 Å². The molecule has 0 radical (unpaired) electrons. The van der Waals surface area contributed by atoms with Crippen molar-refractivity contribution in [3.63, 3.8) is 0 Å². The third-order valence-electron chi connectivity index (χ3n) is 4.81. The van der Waals surface area contributed by atoms with Crippen molar-refractivity contribution in [3.8, 4) is 10.4 Å². The summed E-state index contributed by atoms with van der Waals surface area (Å²) in [4.78, 5) is 26.0. The van der Waals surface area contributed by atoms with Crippen LogP contribution >= 0.6 is 11.3 Å². The molecule has 0 aliphatic rings. The molecule has 0 saturated heterocycles. The molecule has 4 aromatic rings. The zero-order valence-electron chi connectivity index (χ0n) is 16.7. The third kappa shape index (κ3) is 4.99. The molecule has 4 rings (SSSR count). The van der Waals surface area contributed by atoms with Gasteiger partial charge >= 0.3 is 0 Å². The van der Waals surface area contributed by atoms with Gasteiger partial charge in [0.05, 0.1) is 11.4 Å². The number of nitrogens with one attached hydrogen (secondary N) is 2. The number of carbonyl (C=O) groups excluding carboxylic acids is 2. The summed E-state index contributed by atoms with van der Waals surface area (Å²) in [5, 5.41) is 7.77. The van der Waals surface area contributed by atoms with Crippen LogP contribution in [-0.2, 0) is 6.54 Å². The lowest BCUT2D eigenvalue weighted by Crippen LogP contribution is -2.22. The van der Waals surface area contributed by atoms with E-state index in [4.69, 9.17) is 5.73 Å². The summed E-state index contributed by atoms with van der Waals surface area (Å²) < 4.78 is 0. The Balaban J connectivity index is 1.40. The van der Waals surface area contributed by atoms with Crippen LogP contribution in [0.5, 0.6) is 0 Å². The fraction of sp³-hybridized carbons (Fsp3) is 0.0400. The summed E-state index contributed by atoms with van der Waals surface area (Å²) in [7, 11) is 0. The van der Waals surface area contributed by atoms with Gasteiger partial charge in [0.2, 0.25) is 0 Å². The Bertz CT molecular complexity index is 1190. The van der Waals surface area contributed by atoms with E-state index >= 15 is 0 Å². The standard InChI is InChI=1S/C25H21N3O2S/c26-21-13-12-20(23-7-4-14-31-23)15-22(21)28-25(30)19-10-8-17(9-11-19)16-27-24(29)18-5-2-1-3-6-18/h1-15H,16,26H2,(H,27,29)(H,28,30). The van der Waals surface area contributed by atoms with Gasteiger partial charge in [0.1, 0.15) is 0 Å². The van der Waals surface area contributed by atoms with Crippen LogP contribution < -0.4 is 16.4 Å². The maximum Gasteiger partial charge on any atom is 0.255 e. The average Bonchev–Trinajstić information content (AvgIpc) is 3.35. The van der Waals surface area contributed by atoms with Gasteiger partial charge in [-0.05, 0) is 59.0 Å². The van der Waals surface area contributed by atoms with Gasteiger partial charge in [-0.2, -0.15) is 0 Å². The highest BCUT2D eigenvalue weighted by atomic mass is 32.1. The topological polar surface area (TPSA) is 84.2 Å². The molecule has 31 heavy (non-hydrogen) atoms. The van der Waals surface area contributed by atoms with Gasteiger partial charge in [-0.25, -0.2) is 0 Å². The van der Waals surface area contributed by atoms with Gasteiger partial charge in [-0.3, -0.25) is 9.59 Å². The van der Waals surface area contributed by atoms with Crippen molar-refractivity contribution < 1.29 is 9.59 Å². The Morgan fingerprint density at radius 2 is 1.55 bits per heavy atom. The molecule has 0 spiro atoms. The largest absolute Gasteiger partial charge is 0.397 e. The number of hydrogen-bond acceptors (Lipinski definition) is 4. The zero-order chi connectivity index (χ0) is 21.6. The third-order valence-corrected chi connectivity index (χ3v) is 5.73. The number of amides is 2. The van der Waals surface area contributed by atoms with E-state index in [9.17, 15) is 9.59 Å². The number of carbonyl (C=O) groups is 2. The maximum absolute atomic E-state index is 12.7. The molecule has 0 saturated carbocycles. The second-order valence-corrected chi connectivity index (χ2v) is 7.93. The van der Waals surface area contributed by atoms with Gasteiger partial charge in [0.15, 0.2) is 0 Å². The second kappa shape index (κ2) is 9.28. The van der Waals surface area contributed by atoms with E-state index < -0.39 is 0 Å². The highest BCUT2D eigenvalue weighted by Gasteiger charge is 2.11. The van der Waals surface area contributed by atoms with E-state index in [0.29, 0.717) is 29.0 Å². The van der Waals surface area contributed by atoms with Crippen LogP contribution in [0, 0.1) is 0 Å². The van der Waals surface area contributed by atoms with Crippen molar-refractivity contribution >= 4 is 34.5 Å². The van der Waals surface area contributed by atoms with E-state index in [-0.39, 0.29) is 11.8 Å². The van der Waals surface area contributed by atoms with E-state index in [1.165, 1.54) is 0 Å². The lowest BCUT2D eigenvalue weighted by molar-refractivity contribution is 0.0949. The molecule has 4 N–H and O–H groups in total. The van der Waals surface area contributed by atoms with Gasteiger partial charge in [-0.1, -0.05) is 42.5 Å². The lowest BCUT2D eigenvalue weighted by Gasteiger charge is -2.11. The van der Waals surface area contributed by atoms with Crippen LogP contribution in [0.2, 0.25) is 0 Å². The minimum atomic E-state index is -0.241. The molecule has 0 aliphatic carbocycles. The SMILES string of the molecule is Nc1ccc(-c2cccs2)cc1NC(=O)c1ccc(CNC(=O)c2ccccc2)cc1. The first-order valence-corrected chi connectivity index (χ1v) is 10.6. The van der Waals surface area contributed by atoms with Gasteiger partial charge in [-0.15, -0.1) is 11.3 Å². The fourth-order valence-electron chi connectivity index (χ4n) is 3.10. The van der Waals surface area contributed by atoms with Gasteiger partial charge in [0, 0.05) is 22.5 Å². The Kier molecular flexibility index (Phi) is 6.10. The van der Waals surface area contributed by atoms with Crippen molar-refractivity contribution in [1.29, 1.82) is 0 Å². The fourth-order valence-corrected chi connectivity index (χ4v) is 3.83. The number of benzene rings is 3. The first kappa shape index (κ1) is 20.4. The summed E-state index contributed by atoms with van der Waals surface area (Å²) in [5.41, 5.74) is 10.2. The molecule has 0 aliphatic heterocycles. The summed E-state index contributed by atoms with van der Waals surface area (Å²) in [6, 6.07) is 25.8. The van der Waals surface area contributed by atoms with Gasteiger partial charge in [0.25, 0.3) is 11.8 Å². The molecular formula is C25H21N3O2S. The Morgan fingerprint density at radius 3 is 2.26 bits per heavy atom. The van der Waals surface area contributed by atoms with E-state index in [2.05, 4.69) is 10.6 Å². The highest BCUT2D eigenvalue weighted by Crippen LogP contribution is 2.30. The van der Waals surface area contributed by atoms with Crippen LogP contribution in [0.25, 0.3) is 10.4 Å². The van der Waals surface area contributed by atoms with Crippen molar-refractivity contribution in [2.75, 3.05) is 11.1 Å². The molecule has 3 aromatic carbocycles. The molecule has 0 fully saturated rings. The lowest BCUT2D eigenvalue weighted by atomic mass is 10.1. The normalized spacial score (nSPS) is 10.5. The average molecular weight is 428 g/mol. The summed E-state index contributed by atoms with van der Waals surface area (Å²) in [6.45, 7) is 0.380. The Hall–Kier alpha value is -3.90. The first-order chi connectivity index (χ1) is 15.1. The van der Waals surface area contributed by atoms with Crippen molar-refractivity contribution in [2.24, 2.45) is 0 Å². The monoisotopic (exact) mass is 427 g/mol. The summed E-state index contributed by atoms with van der Waals surface area (Å²) in [5.74, 6) is -0.376. The number of rotatable bonds is 6. The van der Waals surface area contributed by atoms with E-state index in [1.807, 2.05) is 60.0 Å². The van der Waals surface area contributed by atoms with Crippen LogP contribution in [-0.4, -0.2) is 11.8 Å². The highest BCUT2D eigenvalue weighted by molar-refractivity contribution is 7.13. The number of nitrogens with two attached hydrogens (primary N) is 1. The van der Waals surface area contributed by atoms with Crippen LogP contribution in [0.4, 0.5) is 11.4 Å². The molecule has 1 aromatic heterocycles. The van der Waals surface area contributed by atoms with Crippen molar-refractivity contribution in [1.82, 2.24) is 5.32 Å². The maximum atomic E-state index is 12.7. The summed E-state index contributed by atoms with van der Waals surface area (Å²) >= 11 is 1.63. The van der Waals surface area contributed by atoms with Crippen LogP contribution in [0.3, 0.4) is 0 Å². The minimum absolute atomic E-state index is 0.136. The van der Waals surface area contributed by atoms with E-state index in [1.54, 1.807) is 41.7 Å². The molecule has 154 valence electrons.